The van der Waals surface area contributed by atoms with Crippen LogP contribution in [0.2, 0.25) is 0 Å². The van der Waals surface area contributed by atoms with E-state index < -0.39 is 0 Å². The van der Waals surface area contributed by atoms with E-state index in [1.54, 1.807) is 21.1 Å². The molecule has 8 heteroatoms. The second-order valence-electron chi connectivity index (χ2n) is 6.61. The first-order chi connectivity index (χ1) is 12.5. The summed E-state index contributed by atoms with van der Waals surface area (Å²) in [6, 6.07) is 7.95. The molecular formula is C18H24N4O4. The number of para-hydroxylation sites is 1. The molecule has 1 fully saturated rings. The fraction of sp³-hybridized carbons (Fsp3) is 0.500. The molecule has 2 aromatic rings. The van der Waals surface area contributed by atoms with Crippen molar-refractivity contribution in [3.05, 3.63) is 45.6 Å². The largest absolute Gasteiger partial charge is 0.496 e. The van der Waals surface area contributed by atoms with E-state index in [2.05, 4.69) is 16.5 Å². The summed E-state index contributed by atoms with van der Waals surface area (Å²) in [5.74, 6) is 1.25. The Morgan fingerprint density at radius 1 is 1.38 bits per heavy atom. The minimum absolute atomic E-state index is 0.0229. The number of aryl methyl sites for hydroxylation is 2. The molecule has 8 nitrogen and oxygen atoms in total. The van der Waals surface area contributed by atoms with Crippen LogP contribution in [0, 0.1) is 17.0 Å². The fourth-order valence-electron chi connectivity index (χ4n) is 3.70. The Bertz CT molecular complexity index is 796. The molecule has 0 aliphatic carbocycles. The number of nitrogens with one attached hydrogen (secondary N) is 1. The first-order valence-electron chi connectivity index (χ1n) is 8.61. The summed E-state index contributed by atoms with van der Waals surface area (Å²) in [6.45, 7) is 3.47. The van der Waals surface area contributed by atoms with E-state index in [0.717, 1.165) is 24.2 Å². The molecule has 2 heterocycles. The third-order valence-electron chi connectivity index (χ3n) is 5.10. The predicted octanol–water partition coefficient (Wildman–Crippen LogP) is 2.81. The van der Waals surface area contributed by atoms with Gasteiger partial charge in [-0.15, -0.1) is 0 Å². The van der Waals surface area contributed by atoms with Gasteiger partial charge in [0.25, 0.3) is 0 Å². The molecule has 0 spiro atoms. The van der Waals surface area contributed by atoms with Crippen LogP contribution in [-0.4, -0.2) is 41.6 Å². The van der Waals surface area contributed by atoms with Gasteiger partial charge in [-0.25, -0.2) is 4.68 Å². The third kappa shape index (κ3) is 3.24. The fourth-order valence-corrected chi connectivity index (χ4v) is 3.70. The van der Waals surface area contributed by atoms with Gasteiger partial charge in [0.15, 0.2) is 0 Å². The molecule has 1 aliphatic heterocycles. The van der Waals surface area contributed by atoms with Crippen LogP contribution >= 0.6 is 0 Å². The van der Waals surface area contributed by atoms with Gasteiger partial charge in [0, 0.05) is 37.8 Å². The number of rotatable bonds is 6. The van der Waals surface area contributed by atoms with Gasteiger partial charge in [0.05, 0.1) is 12.0 Å². The van der Waals surface area contributed by atoms with Crippen molar-refractivity contribution in [2.45, 2.75) is 25.2 Å². The van der Waals surface area contributed by atoms with Crippen molar-refractivity contribution in [1.29, 1.82) is 0 Å². The van der Waals surface area contributed by atoms with Crippen LogP contribution in [0.15, 0.2) is 24.3 Å². The van der Waals surface area contributed by atoms with Gasteiger partial charge in [0.2, 0.25) is 5.82 Å². The average Bonchev–Trinajstić information content (AvgIpc) is 2.94. The van der Waals surface area contributed by atoms with E-state index in [4.69, 9.17) is 9.47 Å². The Morgan fingerprint density at radius 2 is 2.08 bits per heavy atom. The zero-order chi connectivity index (χ0) is 18.7. The van der Waals surface area contributed by atoms with Crippen molar-refractivity contribution >= 4 is 11.5 Å². The summed E-state index contributed by atoms with van der Waals surface area (Å²) in [4.78, 5) is 11.0. The molecule has 26 heavy (non-hydrogen) atoms. The van der Waals surface area contributed by atoms with Crippen molar-refractivity contribution in [3.8, 4) is 5.75 Å². The summed E-state index contributed by atoms with van der Waals surface area (Å²) >= 11 is 0. The number of benzene rings is 1. The van der Waals surface area contributed by atoms with Crippen molar-refractivity contribution in [1.82, 2.24) is 9.78 Å². The third-order valence-corrected chi connectivity index (χ3v) is 5.10. The maximum Gasteiger partial charge on any atom is 0.333 e. The minimum Gasteiger partial charge on any atom is -0.496 e. The monoisotopic (exact) mass is 360 g/mol. The van der Waals surface area contributed by atoms with Crippen LogP contribution in [-0.2, 0) is 17.2 Å². The highest BCUT2D eigenvalue weighted by atomic mass is 16.6. The lowest BCUT2D eigenvalue weighted by atomic mass is 9.73. The lowest BCUT2D eigenvalue weighted by molar-refractivity contribution is -0.384. The molecule has 3 rings (SSSR count). The number of methoxy groups -OCH3 is 1. The smallest absolute Gasteiger partial charge is 0.333 e. The lowest BCUT2D eigenvalue weighted by Gasteiger charge is -2.38. The summed E-state index contributed by atoms with van der Waals surface area (Å²) in [7, 11) is 3.37. The number of nitrogens with zero attached hydrogens (tertiary/aromatic N) is 3. The maximum atomic E-state index is 11.4. The molecule has 0 unspecified atom stereocenters. The van der Waals surface area contributed by atoms with Gasteiger partial charge in [0.1, 0.15) is 11.4 Å². The summed E-state index contributed by atoms with van der Waals surface area (Å²) in [5.41, 5.74) is 1.30. The predicted molar refractivity (Wildman–Crippen MR) is 97.8 cm³/mol. The van der Waals surface area contributed by atoms with Crippen LogP contribution in [0.5, 0.6) is 5.75 Å². The normalized spacial score (nSPS) is 16.3. The van der Waals surface area contributed by atoms with E-state index in [1.165, 1.54) is 4.68 Å². The van der Waals surface area contributed by atoms with Gasteiger partial charge in [-0.1, -0.05) is 18.2 Å². The Hall–Kier alpha value is -2.61. The number of ether oxygens (including phenoxy) is 2. The summed E-state index contributed by atoms with van der Waals surface area (Å²) in [6.07, 6.45) is 1.62. The van der Waals surface area contributed by atoms with Crippen molar-refractivity contribution in [2.75, 3.05) is 32.2 Å². The van der Waals surface area contributed by atoms with Crippen LogP contribution in [0.25, 0.3) is 0 Å². The highest BCUT2D eigenvalue weighted by Gasteiger charge is 2.37. The molecular weight excluding hydrogens is 336 g/mol. The van der Waals surface area contributed by atoms with Crippen LogP contribution in [0.1, 0.15) is 24.1 Å². The van der Waals surface area contributed by atoms with Gasteiger partial charge >= 0.3 is 5.69 Å². The highest BCUT2D eigenvalue weighted by molar-refractivity contribution is 5.60. The number of nitro groups is 1. The zero-order valence-electron chi connectivity index (χ0n) is 15.3. The molecule has 1 aromatic carbocycles. The summed E-state index contributed by atoms with van der Waals surface area (Å²) in [5, 5.41) is 18.9. The number of aromatic nitrogens is 2. The molecule has 0 radical (unpaired) electrons. The standard InChI is InChI=1S/C18H24N4O4/c1-13-16(22(23)24)17(21(2)20-13)19-12-18(8-10-26-11-9-18)14-6-4-5-7-15(14)25-3/h4-7,19H,8-12H2,1-3H3. The number of anilines is 1. The Morgan fingerprint density at radius 3 is 2.73 bits per heavy atom. The molecule has 0 bridgehead atoms. The molecule has 1 aliphatic rings. The van der Waals surface area contributed by atoms with Crippen LogP contribution in [0.3, 0.4) is 0 Å². The van der Waals surface area contributed by atoms with E-state index in [0.29, 0.717) is 31.3 Å². The molecule has 0 amide bonds. The quantitative estimate of drug-likeness (QED) is 0.629. The molecule has 0 atom stereocenters. The molecule has 1 saturated heterocycles. The Kier molecular flexibility index (Phi) is 5.13. The van der Waals surface area contributed by atoms with E-state index >= 15 is 0 Å². The first-order valence-corrected chi connectivity index (χ1v) is 8.61. The number of hydrogen-bond donors (Lipinski definition) is 1. The van der Waals surface area contributed by atoms with Gasteiger partial charge in [-0.05, 0) is 25.8 Å². The van der Waals surface area contributed by atoms with Crippen LogP contribution in [0.4, 0.5) is 11.5 Å². The van der Waals surface area contributed by atoms with Crippen molar-refractivity contribution in [3.63, 3.8) is 0 Å². The van der Waals surface area contributed by atoms with E-state index in [1.807, 2.05) is 18.2 Å². The maximum absolute atomic E-state index is 11.4. The second kappa shape index (κ2) is 7.33. The van der Waals surface area contributed by atoms with Gasteiger partial charge < -0.3 is 14.8 Å². The molecule has 140 valence electrons. The molecule has 1 N–H and O–H groups in total. The SMILES string of the molecule is COc1ccccc1C1(CNc2c([N+](=O)[O-])c(C)nn2C)CCOCC1. The van der Waals surface area contributed by atoms with Crippen molar-refractivity contribution in [2.24, 2.45) is 7.05 Å². The number of hydrogen-bond acceptors (Lipinski definition) is 6. The minimum atomic E-state index is -0.385. The highest BCUT2D eigenvalue weighted by Crippen LogP contribution is 2.40. The van der Waals surface area contributed by atoms with E-state index in [9.17, 15) is 10.1 Å². The van der Waals surface area contributed by atoms with Crippen molar-refractivity contribution < 1.29 is 14.4 Å². The first kappa shape index (κ1) is 18.2. The topological polar surface area (TPSA) is 91.5 Å². The van der Waals surface area contributed by atoms with E-state index in [-0.39, 0.29) is 16.0 Å². The second-order valence-corrected chi connectivity index (χ2v) is 6.61. The van der Waals surface area contributed by atoms with Gasteiger partial charge in [-0.2, -0.15) is 5.10 Å². The molecule has 1 aromatic heterocycles. The van der Waals surface area contributed by atoms with Crippen LogP contribution < -0.4 is 10.1 Å². The lowest BCUT2D eigenvalue weighted by Crippen LogP contribution is -2.40. The molecule has 0 saturated carbocycles. The van der Waals surface area contributed by atoms with Gasteiger partial charge in [-0.3, -0.25) is 10.1 Å². The Labute approximate surface area is 152 Å². The Balaban J connectivity index is 1.95. The average molecular weight is 360 g/mol. The summed E-state index contributed by atoms with van der Waals surface area (Å²) < 4.78 is 12.7. The zero-order valence-corrected chi connectivity index (χ0v) is 15.3.